The molecule has 4 aromatic carbocycles. The SMILES string of the molecule is COc1c(O)c(C)c(CCCCCCCCCCc2ccccc2P(c2ccccc2)c2ccccc2)c(Br)c1OC. The normalized spacial score (nSPS) is 11.2. The summed E-state index contributed by atoms with van der Waals surface area (Å²) in [5, 5.41) is 14.9. The van der Waals surface area contributed by atoms with Gasteiger partial charge in [0.15, 0.2) is 11.5 Å². The molecule has 0 aromatic heterocycles. The zero-order valence-electron chi connectivity index (χ0n) is 25.2. The van der Waals surface area contributed by atoms with Crippen molar-refractivity contribution in [3.8, 4) is 17.2 Å². The fraction of sp³-hybridized carbons (Fsp3) is 0.351. The number of methoxy groups -OCH3 is 2. The lowest BCUT2D eigenvalue weighted by molar-refractivity contribution is 0.329. The van der Waals surface area contributed by atoms with E-state index in [4.69, 9.17) is 9.47 Å². The molecule has 0 aliphatic heterocycles. The Bertz CT molecular complexity index is 1350. The monoisotopic (exact) mass is 646 g/mol. The Hall–Kier alpha value is -2.81. The molecule has 0 saturated heterocycles. The minimum atomic E-state index is -0.562. The van der Waals surface area contributed by atoms with Crippen molar-refractivity contribution >= 4 is 39.8 Å². The minimum absolute atomic E-state index is 0.173. The largest absolute Gasteiger partial charge is 0.504 e. The van der Waals surface area contributed by atoms with Crippen LogP contribution in [-0.2, 0) is 12.8 Å². The molecule has 0 heterocycles. The van der Waals surface area contributed by atoms with E-state index in [9.17, 15) is 5.11 Å². The second kappa shape index (κ2) is 16.7. The summed E-state index contributed by atoms with van der Waals surface area (Å²) < 4.78 is 11.7. The highest BCUT2D eigenvalue weighted by molar-refractivity contribution is 9.10. The number of aryl methyl sites for hydroxylation is 1. The zero-order chi connectivity index (χ0) is 29.7. The Balaban J connectivity index is 1.22. The van der Waals surface area contributed by atoms with Gasteiger partial charge in [0.1, 0.15) is 0 Å². The van der Waals surface area contributed by atoms with Crippen LogP contribution in [0, 0.1) is 6.92 Å². The first-order valence-corrected chi connectivity index (χ1v) is 17.3. The smallest absolute Gasteiger partial charge is 0.204 e. The number of hydrogen-bond donors (Lipinski definition) is 1. The summed E-state index contributed by atoms with van der Waals surface area (Å²) in [5.41, 5.74) is 3.47. The molecule has 4 aromatic rings. The molecule has 42 heavy (non-hydrogen) atoms. The van der Waals surface area contributed by atoms with Gasteiger partial charge in [0.2, 0.25) is 5.75 Å². The van der Waals surface area contributed by atoms with Crippen molar-refractivity contribution in [2.24, 2.45) is 0 Å². The highest BCUT2D eigenvalue weighted by atomic mass is 79.9. The van der Waals surface area contributed by atoms with Gasteiger partial charge in [-0.05, 0) is 89.1 Å². The Kier molecular flexibility index (Phi) is 12.8. The average molecular weight is 648 g/mol. The minimum Gasteiger partial charge on any atom is -0.504 e. The molecule has 0 spiro atoms. The maximum atomic E-state index is 10.6. The number of hydrogen-bond acceptors (Lipinski definition) is 3. The average Bonchev–Trinajstić information content (AvgIpc) is 3.03. The van der Waals surface area contributed by atoms with E-state index in [0.717, 1.165) is 34.9 Å². The van der Waals surface area contributed by atoms with Crippen LogP contribution in [0.15, 0.2) is 89.4 Å². The van der Waals surface area contributed by atoms with E-state index in [0.29, 0.717) is 11.5 Å². The van der Waals surface area contributed by atoms with Gasteiger partial charge >= 0.3 is 0 Å². The van der Waals surface area contributed by atoms with Crippen molar-refractivity contribution in [1.29, 1.82) is 0 Å². The second-order valence-electron chi connectivity index (χ2n) is 10.8. The standard InChI is InChI=1S/C37H44BrO3P/c1-28-32(34(38)36(40-2)37(41-3)35(28)39)26-17-9-7-5-4-6-8-12-20-29-21-18-19-27-33(29)42(30-22-13-10-14-23-30)31-24-15-11-16-25-31/h10-11,13-16,18-19,21-25,27,39H,4-9,12,17,20,26H2,1-3H3. The van der Waals surface area contributed by atoms with Gasteiger partial charge in [0.05, 0.1) is 18.7 Å². The summed E-state index contributed by atoms with van der Waals surface area (Å²) in [4.78, 5) is 0. The van der Waals surface area contributed by atoms with Crippen molar-refractivity contribution in [3.63, 3.8) is 0 Å². The Morgan fingerprint density at radius 2 is 1.10 bits per heavy atom. The third-order valence-corrected chi connectivity index (χ3v) is 11.4. The van der Waals surface area contributed by atoms with E-state index < -0.39 is 7.92 Å². The molecule has 0 aliphatic carbocycles. The van der Waals surface area contributed by atoms with Crippen LogP contribution in [0.4, 0.5) is 0 Å². The lowest BCUT2D eigenvalue weighted by atomic mass is 9.99. The summed E-state index contributed by atoms with van der Waals surface area (Å²) in [6, 6.07) is 31.1. The van der Waals surface area contributed by atoms with E-state index in [2.05, 4.69) is 101 Å². The van der Waals surface area contributed by atoms with Crippen LogP contribution in [0.2, 0.25) is 0 Å². The van der Waals surface area contributed by atoms with Crippen LogP contribution in [0.3, 0.4) is 0 Å². The van der Waals surface area contributed by atoms with E-state index >= 15 is 0 Å². The van der Waals surface area contributed by atoms with Crippen molar-refractivity contribution in [3.05, 3.63) is 106 Å². The van der Waals surface area contributed by atoms with E-state index in [-0.39, 0.29) is 5.75 Å². The van der Waals surface area contributed by atoms with Gasteiger partial charge in [-0.3, -0.25) is 0 Å². The van der Waals surface area contributed by atoms with Gasteiger partial charge < -0.3 is 14.6 Å². The third kappa shape index (κ3) is 8.17. The van der Waals surface area contributed by atoms with Crippen LogP contribution in [0.25, 0.3) is 0 Å². The molecule has 5 heteroatoms. The van der Waals surface area contributed by atoms with Crippen molar-refractivity contribution in [2.45, 2.75) is 71.1 Å². The quantitative estimate of drug-likeness (QED) is 0.0974. The summed E-state index contributed by atoms with van der Waals surface area (Å²) in [5.74, 6) is 1.13. The summed E-state index contributed by atoms with van der Waals surface area (Å²) in [6.07, 6.45) is 12.0. The fourth-order valence-corrected chi connectivity index (χ4v) is 9.03. The topological polar surface area (TPSA) is 38.7 Å². The number of phenols is 1. The van der Waals surface area contributed by atoms with Gasteiger partial charge in [-0.2, -0.15) is 0 Å². The maximum absolute atomic E-state index is 10.6. The van der Waals surface area contributed by atoms with Crippen molar-refractivity contribution in [2.75, 3.05) is 14.2 Å². The molecule has 222 valence electrons. The number of benzene rings is 4. The van der Waals surface area contributed by atoms with Crippen LogP contribution >= 0.6 is 23.9 Å². The molecular weight excluding hydrogens is 603 g/mol. The van der Waals surface area contributed by atoms with Gasteiger partial charge in [0, 0.05) is 0 Å². The van der Waals surface area contributed by atoms with Crippen LogP contribution in [-0.4, -0.2) is 19.3 Å². The number of phenolic OH excluding ortho intramolecular Hbond substituents is 1. The molecule has 0 saturated carbocycles. The number of halogens is 1. The first kappa shape index (κ1) is 32.1. The van der Waals surface area contributed by atoms with Gasteiger partial charge in [-0.15, -0.1) is 0 Å². The van der Waals surface area contributed by atoms with Crippen molar-refractivity contribution in [1.82, 2.24) is 0 Å². The second-order valence-corrected chi connectivity index (χ2v) is 13.8. The molecule has 4 rings (SSSR count). The molecule has 1 N–H and O–H groups in total. The van der Waals surface area contributed by atoms with Crippen LogP contribution in [0.1, 0.15) is 68.1 Å². The number of rotatable bonds is 16. The molecule has 0 amide bonds. The molecule has 0 fully saturated rings. The predicted molar refractivity (Wildman–Crippen MR) is 183 cm³/mol. The van der Waals surface area contributed by atoms with E-state index in [1.807, 2.05) is 6.92 Å². The van der Waals surface area contributed by atoms with E-state index in [1.165, 1.54) is 66.4 Å². The number of aromatic hydroxyl groups is 1. The first-order valence-electron chi connectivity index (χ1n) is 15.2. The third-order valence-electron chi connectivity index (χ3n) is 7.99. The van der Waals surface area contributed by atoms with E-state index in [1.54, 1.807) is 14.2 Å². The molecule has 0 radical (unpaired) electrons. The zero-order valence-corrected chi connectivity index (χ0v) is 27.7. The maximum Gasteiger partial charge on any atom is 0.204 e. The van der Waals surface area contributed by atoms with Crippen LogP contribution < -0.4 is 25.4 Å². The predicted octanol–water partition coefficient (Wildman–Crippen LogP) is 9.14. The number of unbranched alkanes of at least 4 members (excludes halogenated alkanes) is 7. The Morgan fingerprint density at radius 3 is 1.64 bits per heavy atom. The Morgan fingerprint density at radius 1 is 0.619 bits per heavy atom. The van der Waals surface area contributed by atoms with Crippen molar-refractivity contribution < 1.29 is 14.6 Å². The molecule has 3 nitrogen and oxygen atoms in total. The molecule has 0 aliphatic rings. The summed E-state index contributed by atoms with van der Waals surface area (Å²) in [7, 11) is 2.59. The first-order chi connectivity index (χ1) is 20.6. The highest BCUT2D eigenvalue weighted by Gasteiger charge is 2.22. The lowest BCUT2D eigenvalue weighted by Crippen LogP contribution is -2.23. The lowest BCUT2D eigenvalue weighted by Gasteiger charge is -2.22. The summed E-state index contributed by atoms with van der Waals surface area (Å²) in [6.45, 7) is 1.94. The van der Waals surface area contributed by atoms with Gasteiger partial charge in [-0.1, -0.05) is 123 Å². The molecule has 0 bridgehead atoms. The summed E-state index contributed by atoms with van der Waals surface area (Å²) >= 11 is 3.67. The fourth-order valence-electron chi connectivity index (χ4n) is 5.69. The molecular formula is C37H44BrO3P. The highest BCUT2D eigenvalue weighted by Crippen LogP contribution is 2.47. The Labute approximate surface area is 262 Å². The van der Waals surface area contributed by atoms with Gasteiger partial charge in [0.25, 0.3) is 0 Å². The number of ether oxygens (including phenoxy) is 2. The molecule has 0 atom stereocenters. The van der Waals surface area contributed by atoms with Crippen LogP contribution in [0.5, 0.6) is 17.2 Å². The molecule has 0 unspecified atom stereocenters. The van der Waals surface area contributed by atoms with Gasteiger partial charge in [-0.25, -0.2) is 0 Å².